The van der Waals surface area contributed by atoms with E-state index in [1.807, 2.05) is 0 Å². The van der Waals surface area contributed by atoms with Crippen LogP contribution in [0.5, 0.6) is 0 Å². The van der Waals surface area contributed by atoms with Gasteiger partial charge in [-0.1, -0.05) is 17.7 Å². The summed E-state index contributed by atoms with van der Waals surface area (Å²) < 4.78 is 10.5. The van der Waals surface area contributed by atoms with E-state index in [1.54, 1.807) is 10.8 Å². The van der Waals surface area contributed by atoms with Crippen molar-refractivity contribution >= 4 is 20.6 Å². The predicted molar refractivity (Wildman–Crippen MR) is 34.6 cm³/mol. The van der Waals surface area contributed by atoms with E-state index in [4.69, 9.17) is 0 Å². The molecule has 0 aromatic heterocycles. The van der Waals surface area contributed by atoms with Gasteiger partial charge in [-0.15, -0.1) is 0 Å². The average molecular weight is 136 g/mol. The van der Waals surface area contributed by atoms with Crippen molar-refractivity contribution in [2.24, 2.45) is 5.92 Å². The summed E-state index contributed by atoms with van der Waals surface area (Å²) in [4.78, 5) is 0. The van der Waals surface area contributed by atoms with Gasteiger partial charge in [-0.3, -0.25) is 0 Å². The van der Waals surface area contributed by atoms with Crippen LogP contribution in [0.3, 0.4) is 0 Å². The molecule has 0 unspecified atom stereocenters. The predicted octanol–water partition coefficient (Wildman–Crippen LogP) is 1.03. The molecule has 42 valence electrons. The molecular formula is C4H8OS2. The van der Waals surface area contributed by atoms with Crippen molar-refractivity contribution in [1.82, 2.24) is 0 Å². The Bertz CT molecular complexity index is 91.7. The molecule has 0 spiro atoms. The summed E-state index contributed by atoms with van der Waals surface area (Å²) >= 11 is 0. The Morgan fingerprint density at radius 3 is 2.71 bits per heavy atom. The maximum Gasteiger partial charge on any atom is 0.0806 e. The molecule has 1 saturated heterocycles. The van der Waals surface area contributed by atoms with Crippen LogP contribution in [-0.4, -0.2) is 15.7 Å². The van der Waals surface area contributed by atoms with Gasteiger partial charge in [0.05, 0.1) is 9.83 Å². The zero-order valence-corrected chi connectivity index (χ0v) is 5.85. The van der Waals surface area contributed by atoms with E-state index in [-0.39, 0.29) is 0 Å². The summed E-state index contributed by atoms with van der Waals surface area (Å²) in [6, 6.07) is 0. The Balaban J connectivity index is 2.40. The lowest BCUT2D eigenvalue weighted by atomic mass is 10.3. The van der Waals surface area contributed by atoms with Crippen molar-refractivity contribution in [2.75, 3.05) is 11.5 Å². The topological polar surface area (TPSA) is 17.1 Å². The maximum absolute atomic E-state index is 10.5. The van der Waals surface area contributed by atoms with Crippen LogP contribution in [0.15, 0.2) is 0 Å². The fourth-order valence-corrected chi connectivity index (χ4v) is 3.99. The van der Waals surface area contributed by atoms with Gasteiger partial charge < -0.3 is 0 Å². The van der Waals surface area contributed by atoms with Gasteiger partial charge >= 0.3 is 0 Å². The summed E-state index contributed by atoms with van der Waals surface area (Å²) in [6.07, 6.45) is 0. The molecule has 1 heterocycles. The molecule has 0 bridgehead atoms. The van der Waals surface area contributed by atoms with Gasteiger partial charge in [-0.2, -0.15) is 0 Å². The fraction of sp³-hybridized carbons (Fsp3) is 1.00. The summed E-state index contributed by atoms with van der Waals surface area (Å²) in [5, 5.41) is 0. The molecular weight excluding hydrogens is 128 g/mol. The first-order chi connectivity index (χ1) is 3.29. The van der Waals surface area contributed by atoms with Gasteiger partial charge in [0.15, 0.2) is 0 Å². The quantitative estimate of drug-likeness (QED) is 0.463. The molecule has 1 nitrogen and oxygen atoms in total. The Morgan fingerprint density at radius 2 is 2.57 bits per heavy atom. The van der Waals surface area contributed by atoms with Gasteiger partial charge in [0.25, 0.3) is 0 Å². The third kappa shape index (κ3) is 1.46. The lowest BCUT2D eigenvalue weighted by Crippen LogP contribution is -1.94. The summed E-state index contributed by atoms with van der Waals surface area (Å²) in [5.74, 6) is 2.68. The van der Waals surface area contributed by atoms with Crippen LogP contribution in [0.25, 0.3) is 0 Å². The molecule has 1 aliphatic heterocycles. The molecule has 0 saturated carbocycles. The normalized spacial score (nSPS) is 41.9. The molecule has 1 aliphatic rings. The van der Waals surface area contributed by atoms with Crippen LogP contribution in [0, 0.1) is 5.92 Å². The van der Waals surface area contributed by atoms with Gasteiger partial charge in [-0.25, -0.2) is 4.21 Å². The molecule has 0 aromatic carbocycles. The highest BCUT2D eigenvalue weighted by Crippen LogP contribution is 2.23. The molecule has 0 amide bonds. The second kappa shape index (κ2) is 2.18. The number of hydrogen-bond donors (Lipinski definition) is 0. The first kappa shape index (κ1) is 5.63. The van der Waals surface area contributed by atoms with Crippen LogP contribution in [0.2, 0.25) is 0 Å². The third-order valence-electron chi connectivity index (χ3n) is 0.905. The lowest BCUT2D eigenvalue weighted by Gasteiger charge is -1.88. The first-order valence-electron chi connectivity index (χ1n) is 2.30. The van der Waals surface area contributed by atoms with Gasteiger partial charge in [0.1, 0.15) is 0 Å². The Kier molecular flexibility index (Phi) is 1.75. The van der Waals surface area contributed by atoms with Crippen molar-refractivity contribution in [3.63, 3.8) is 0 Å². The maximum atomic E-state index is 10.5. The van der Waals surface area contributed by atoms with Crippen LogP contribution in [0.4, 0.5) is 0 Å². The Morgan fingerprint density at radius 1 is 1.86 bits per heavy atom. The standard InChI is InChI=1S/C4H8OS2/c1-4-2-6-7(5)3-4/h4H,2-3H2,1H3/t4-,7+/m0/s1. The summed E-state index contributed by atoms with van der Waals surface area (Å²) in [7, 11) is 1.04. The van der Waals surface area contributed by atoms with Crippen molar-refractivity contribution < 1.29 is 4.21 Å². The van der Waals surface area contributed by atoms with E-state index in [9.17, 15) is 4.21 Å². The minimum atomic E-state index is -0.536. The van der Waals surface area contributed by atoms with E-state index in [0.717, 1.165) is 11.5 Å². The highest BCUT2D eigenvalue weighted by atomic mass is 33.1. The van der Waals surface area contributed by atoms with Crippen LogP contribution in [-0.2, 0) is 9.83 Å². The first-order valence-corrected chi connectivity index (χ1v) is 5.13. The molecule has 0 aromatic rings. The van der Waals surface area contributed by atoms with Crippen LogP contribution >= 0.6 is 10.8 Å². The zero-order valence-electron chi connectivity index (χ0n) is 4.22. The number of rotatable bonds is 0. The van der Waals surface area contributed by atoms with Gasteiger partial charge in [0, 0.05) is 11.5 Å². The Labute approximate surface area is 49.7 Å². The highest BCUT2D eigenvalue weighted by Gasteiger charge is 2.16. The molecule has 2 atom stereocenters. The zero-order chi connectivity index (χ0) is 5.28. The van der Waals surface area contributed by atoms with E-state index < -0.39 is 9.83 Å². The molecule has 0 N–H and O–H groups in total. The third-order valence-corrected chi connectivity index (χ3v) is 4.32. The second-order valence-electron chi connectivity index (χ2n) is 1.86. The minimum absolute atomic E-state index is 0.536. The van der Waals surface area contributed by atoms with E-state index in [2.05, 4.69) is 6.92 Å². The van der Waals surface area contributed by atoms with Crippen molar-refractivity contribution in [3.05, 3.63) is 0 Å². The largest absolute Gasteiger partial charge is 0.248 e. The van der Waals surface area contributed by atoms with Crippen LogP contribution < -0.4 is 0 Å². The smallest absolute Gasteiger partial charge is 0.0806 e. The minimum Gasteiger partial charge on any atom is -0.248 e. The van der Waals surface area contributed by atoms with Crippen LogP contribution in [0.1, 0.15) is 6.92 Å². The molecule has 1 rings (SSSR count). The van der Waals surface area contributed by atoms with Gasteiger partial charge in [-0.05, 0) is 5.92 Å². The van der Waals surface area contributed by atoms with Gasteiger partial charge in [0.2, 0.25) is 0 Å². The van der Waals surface area contributed by atoms with Crippen molar-refractivity contribution in [2.45, 2.75) is 6.92 Å². The molecule has 0 aliphatic carbocycles. The molecule has 3 heteroatoms. The summed E-state index contributed by atoms with van der Waals surface area (Å²) in [5.41, 5.74) is 0. The van der Waals surface area contributed by atoms with Crippen molar-refractivity contribution in [1.29, 1.82) is 0 Å². The number of hydrogen-bond acceptors (Lipinski definition) is 2. The molecule has 0 radical (unpaired) electrons. The molecule has 1 fully saturated rings. The second-order valence-corrected chi connectivity index (χ2v) is 5.19. The summed E-state index contributed by atoms with van der Waals surface area (Å²) in [6.45, 7) is 2.14. The SMILES string of the molecule is C[C@H]1CS[S@@](=O)C1. The van der Waals surface area contributed by atoms with E-state index >= 15 is 0 Å². The average Bonchev–Trinajstić information content (AvgIpc) is 1.87. The van der Waals surface area contributed by atoms with Crippen molar-refractivity contribution in [3.8, 4) is 0 Å². The van der Waals surface area contributed by atoms with E-state index in [1.165, 1.54) is 0 Å². The monoisotopic (exact) mass is 136 g/mol. The fourth-order valence-electron chi connectivity index (χ4n) is 0.521. The molecule has 7 heavy (non-hydrogen) atoms. The lowest BCUT2D eigenvalue weighted by molar-refractivity contribution is 0.682. The Hall–Kier alpha value is 0.500. The van der Waals surface area contributed by atoms with E-state index in [0.29, 0.717) is 5.92 Å². The highest BCUT2D eigenvalue weighted by molar-refractivity contribution is 8.69.